The lowest BCUT2D eigenvalue weighted by Gasteiger charge is -2.24. The summed E-state index contributed by atoms with van der Waals surface area (Å²) in [6, 6.07) is -6.43. The zero-order valence-electron chi connectivity index (χ0n) is 18.2. The van der Waals surface area contributed by atoms with Gasteiger partial charge in [-0.25, -0.2) is 9.78 Å². The number of rotatable bonds is 15. The number of imidazole rings is 1. The van der Waals surface area contributed by atoms with E-state index in [4.69, 9.17) is 22.3 Å². The van der Waals surface area contributed by atoms with Gasteiger partial charge in [-0.2, -0.15) is 0 Å². The smallest absolute Gasteiger partial charge is 0.326 e. The number of amides is 5. The molecule has 1 rings (SSSR count). The molecule has 17 nitrogen and oxygen atoms in total. The molecule has 0 saturated carbocycles. The molecule has 0 aliphatic carbocycles. The van der Waals surface area contributed by atoms with Crippen molar-refractivity contribution in [1.82, 2.24) is 25.9 Å². The summed E-state index contributed by atoms with van der Waals surface area (Å²) in [5.74, 6) is -8.27. The maximum atomic E-state index is 12.7. The highest BCUT2D eigenvalue weighted by molar-refractivity contribution is 5.98. The maximum absolute atomic E-state index is 12.7. The average molecular weight is 498 g/mol. The van der Waals surface area contributed by atoms with E-state index in [1.807, 2.05) is 5.32 Å². The first kappa shape index (κ1) is 28.5. The second-order valence-corrected chi connectivity index (χ2v) is 7.35. The van der Waals surface area contributed by atoms with Crippen molar-refractivity contribution in [1.29, 1.82) is 0 Å². The lowest BCUT2D eigenvalue weighted by atomic mass is 10.1. The van der Waals surface area contributed by atoms with Crippen molar-refractivity contribution in [2.24, 2.45) is 17.2 Å². The number of carbonyl (C=O) groups is 7. The van der Waals surface area contributed by atoms with Gasteiger partial charge in [0, 0.05) is 18.3 Å². The number of nitrogens with zero attached hydrogens (tertiary/aromatic N) is 1. The van der Waals surface area contributed by atoms with Crippen LogP contribution < -0.4 is 33.2 Å². The number of carboxylic acids is 2. The van der Waals surface area contributed by atoms with E-state index < -0.39 is 84.9 Å². The van der Waals surface area contributed by atoms with Gasteiger partial charge >= 0.3 is 11.9 Å². The predicted octanol–water partition coefficient (Wildman–Crippen LogP) is -4.96. The molecule has 4 unspecified atom stereocenters. The van der Waals surface area contributed by atoms with Gasteiger partial charge in [0.2, 0.25) is 29.5 Å². The number of hydrogen-bond donors (Lipinski definition) is 9. The van der Waals surface area contributed by atoms with Crippen LogP contribution in [0.4, 0.5) is 0 Å². The molecule has 0 saturated heterocycles. The summed E-state index contributed by atoms with van der Waals surface area (Å²) >= 11 is 0. The van der Waals surface area contributed by atoms with Crippen molar-refractivity contribution >= 4 is 41.5 Å². The Bertz CT molecular complexity index is 965. The lowest BCUT2D eigenvalue weighted by Crippen LogP contribution is -2.58. The molecule has 0 bridgehead atoms. The number of hydrogen-bond acceptors (Lipinski definition) is 9. The van der Waals surface area contributed by atoms with Crippen LogP contribution in [0.1, 0.15) is 25.0 Å². The van der Waals surface area contributed by atoms with Crippen molar-refractivity contribution < 1.29 is 43.8 Å². The summed E-state index contributed by atoms with van der Waals surface area (Å²) in [4.78, 5) is 88.9. The molecule has 0 aliphatic rings. The molecule has 4 atom stereocenters. The molecule has 5 amide bonds. The molecule has 35 heavy (non-hydrogen) atoms. The Morgan fingerprint density at radius 2 is 1.31 bits per heavy atom. The number of nitrogens with two attached hydrogens (primary N) is 3. The van der Waals surface area contributed by atoms with Crippen LogP contribution in [-0.4, -0.2) is 85.8 Å². The molecule has 0 aliphatic heterocycles. The van der Waals surface area contributed by atoms with Crippen LogP contribution >= 0.6 is 0 Å². The number of aromatic nitrogens is 2. The van der Waals surface area contributed by atoms with Gasteiger partial charge < -0.3 is 48.3 Å². The van der Waals surface area contributed by atoms with E-state index in [0.29, 0.717) is 5.69 Å². The number of primary amides is 2. The molecule has 1 aromatic heterocycles. The van der Waals surface area contributed by atoms with Gasteiger partial charge in [0.15, 0.2) is 0 Å². The Kier molecular flexibility index (Phi) is 10.8. The molecule has 0 radical (unpaired) electrons. The van der Waals surface area contributed by atoms with Crippen molar-refractivity contribution in [3.8, 4) is 0 Å². The van der Waals surface area contributed by atoms with Crippen LogP contribution in [0, 0.1) is 0 Å². The molecule has 0 fully saturated rings. The van der Waals surface area contributed by atoms with Crippen molar-refractivity contribution in [3.05, 3.63) is 18.2 Å². The Hall–Kier alpha value is -4.54. The molecule has 17 heteroatoms. The Balaban J connectivity index is 3.00. The van der Waals surface area contributed by atoms with Gasteiger partial charge in [-0.15, -0.1) is 0 Å². The second-order valence-electron chi connectivity index (χ2n) is 7.35. The fraction of sp³-hybridized carbons (Fsp3) is 0.444. The standard InChI is InChI=1S/C18H26N8O9/c19-8(2-14(29)30)15(31)24-9(3-12(20)27)16(32)25-10(4-13(21)28)17(33)26-11(18(34)35)1-7-5-22-6-23-7/h5-6,8-11H,1-4,19H2,(H2,20,27)(H2,21,28)(H,22,23)(H,24,31)(H,25,32)(H,26,33)(H,29,30)(H,34,35). The van der Waals surface area contributed by atoms with E-state index in [1.54, 1.807) is 0 Å². The van der Waals surface area contributed by atoms with Gasteiger partial charge in [0.05, 0.1) is 31.6 Å². The zero-order chi connectivity index (χ0) is 26.7. The van der Waals surface area contributed by atoms with Crippen LogP contribution in [0.25, 0.3) is 0 Å². The van der Waals surface area contributed by atoms with Crippen molar-refractivity contribution in [2.45, 2.75) is 49.9 Å². The number of nitrogens with one attached hydrogen (secondary N) is 4. The first-order chi connectivity index (χ1) is 16.3. The molecular formula is C18H26N8O9. The summed E-state index contributed by atoms with van der Waals surface area (Å²) in [6.45, 7) is 0. The van der Waals surface area contributed by atoms with Crippen LogP contribution in [0.15, 0.2) is 12.5 Å². The van der Waals surface area contributed by atoms with Crippen LogP contribution in [0.2, 0.25) is 0 Å². The van der Waals surface area contributed by atoms with E-state index >= 15 is 0 Å². The topological polar surface area (TPSA) is 303 Å². The number of aliphatic carboxylic acids is 2. The summed E-state index contributed by atoms with van der Waals surface area (Å²) in [5.41, 5.74) is 16.0. The lowest BCUT2D eigenvalue weighted by molar-refractivity contribution is -0.142. The quantitative estimate of drug-likeness (QED) is 0.110. The minimum Gasteiger partial charge on any atom is -0.481 e. The fourth-order valence-corrected chi connectivity index (χ4v) is 2.74. The minimum absolute atomic E-state index is 0.208. The van der Waals surface area contributed by atoms with Gasteiger partial charge in [0.1, 0.15) is 18.1 Å². The fourth-order valence-electron chi connectivity index (χ4n) is 2.74. The highest BCUT2D eigenvalue weighted by Gasteiger charge is 2.32. The highest BCUT2D eigenvalue weighted by Crippen LogP contribution is 2.03. The largest absolute Gasteiger partial charge is 0.481 e. The monoisotopic (exact) mass is 498 g/mol. The Morgan fingerprint density at radius 1 is 0.829 bits per heavy atom. The molecule has 192 valence electrons. The van der Waals surface area contributed by atoms with Gasteiger partial charge in [-0.05, 0) is 0 Å². The Morgan fingerprint density at radius 3 is 1.71 bits per heavy atom. The number of carboxylic acid groups (broad SMARTS) is 2. The number of carbonyl (C=O) groups excluding carboxylic acids is 5. The van der Waals surface area contributed by atoms with Crippen LogP contribution in [-0.2, 0) is 40.0 Å². The third-order valence-corrected chi connectivity index (χ3v) is 4.40. The van der Waals surface area contributed by atoms with Gasteiger partial charge in [-0.3, -0.25) is 28.8 Å². The van der Waals surface area contributed by atoms with Gasteiger partial charge in [-0.1, -0.05) is 0 Å². The Labute approximate surface area is 197 Å². The molecule has 1 aromatic rings. The average Bonchev–Trinajstić information content (AvgIpc) is 3.24. The summed E-state index contributed by atoms with van der Waals surface area (Å²) in [6.07, 6.45) is 0.110. The third-order valence-electron chi connectivity index (χ3n) is 4.40. The van der Waals surface area contributed by atoms with Crippen LogP contribution in [0.3, 0.4) is 0 Å². The molecule has 0 aromatic carbocycles. The highest BCUT2D eigenvalue weighted by atomic mass is 16.4. The number of H-pyrrole nitrogens is 1. The number of aromatic amines is 1. The summed E-state index contributed by atoms with van der Waals surface area (Å²) < 4.78 is 0. The zero-order valence-corrected chi connectivity index (χ0v) is 18.2. The summed E-state index contributed by atoms with van der Waals surface area (Å²) in [7, 11) is 0. The minimum atomic E-state index is -1.69. The molecular weight excluding hydrogens is 472 g/mol. The molecule has 0 spiro atoms. The first-order valence-electron chi connectivity index (χ1n) is 9.95. The first-order valence-corrected chi connectivity index (χ1v) is 9.95. The van der Waals surface area contributed by atoms with Crippen LogP contribution in [0.5, 0.6) is 0 Å². The van der Waals surface area contributed by atoms with E-state index in [2.05, 4.69) is 20.6 Å². The predicted molar refractivity (Wildman–Crippen MR) is 114 cm³/mol. The van der Waals surface area contributed by atoms with Crippen molar-refractivity contribution in [3.63, 3.8) is 0 Å². The third kappa shape index (κ3) is 10.3. The van der Waals surface area contributed by atoms with E-state index in [1.165, 1.54) is 12.5 Å². The van der Waals surface area contributed by atoms with E-state index in [-0.39, 0.29) is 6.42 Å². The van der Waals surface area contributed by atoms with E-state index in [9.17, 15) is 38.7 Å². The van der Waals surface area contributed by atoms with Gasteiger partial charge in [0.25, 0.3) is 0 Å². The second kappa shape index (κ2) is 13.2. The summed E-state index contributed by atoms with van der Waals surface area (Å²) in [5, 5.41) is 24.4. The molecule has 1 heterocycles. The SMILES string of the molecule is NC(=O)CC(NC(=O)C(N)CC(=O)O)C(=O)NC(CC(N)=O)C(=O)NC(Cc1cnc[nH]1)C(=O)O. The molecule has 12 N–H and O–H groups in total. The van der Waals surface area contributed by atoms with E-state index in [0.717, 1.165) is 0 Å². The normalized spacial score (nSPS) is 14.0. The van der Waals surface area contributed by atoms with Crippen molar-refractivity contribution in [2.75, 3.05) is 0 Å². The maximum Gasteiger partial charge on any atom is 0.326 e.